The zero-order chi connectivity index (χ0) is 16.9. The summed E-state index contributed by atoms with van der Waals surface area (Å²) in [5.74, 6) is -0.233. The molecule has 3 rings (SSSR count). The molecule has 1 aromatic heterocycles. The van der Waals surface area contributed by atoms with Crippen molar-refractivity contribution in [1.82, 2.24) is 4.98 Å². The Kier molecular flexibility index (Phi) is 4.21. The van der Waals surface area contributed by atoms with E-state index in [-0.39, 0.29) is 11.6 Å². The third kappa shape index (κ3) is 3.08. The van der Waals surface area contributed by atoms with Gasteiger partial charge in [-0.3, -0.25) is 9.69 Å². The summed E-state index contributed by atoms with van der Waals surface area (Å²) in [7, 11) is 0. The minimum absolute atomic E-state index is 0.233. The van der Waals surface area contributed by atoms with Crippen LogP contribution in [-0.2, 0) is 0 Å². The predicted molar refractivity (Wildman–Crippen MR) is 92.7 cm³/mol. The van der Waals surface area contributed by atoms with Crippen LogP contribution in [-0.4, -0.2) is 10.9 Å². The molecule has 0 unspecified atom stereocenters. The first-order valence-electron chi connectivity index (χ1n) is 7.30. The molecule has 5 nitrogen and oxygen atoms in total. The fraction of sp³-hybridized carbons (Fsp3) is 0. The average molecular weight is 314 g/mol. The number of nitrogen functional groups attached to an aromatic ring is 1. The van der Waals surface area contributed by atoms with Crippen LogP contribution in [0.4, 0.5) is 17.1 Å². The quantitative estimate of drug-likeness (QED) is 0.750. The van der Waals surface area contributed by atoms with Crippen LogP contribution >= 0.6 is 0 Å². The Bertz CT molecular complexity index is 881. The molecule has 2 N–H and O–H groups in total. The summed E-state index contributed by atoms with van der Waals surface area (Å²) in [6, 6.07) is 21.5. The number of nitriles is 1. The number of benzene rings is 2. The van der Waals surface area contributed by atoms with E-state index < -0.39 is 0 Å². The van der Waals surface area contributed by atoms with E-state index >= 15 is 0 Å². The van der Waals surface area contributed by atoms with Gasteiger partial charge in [-0.05, 0) is 48.5 Å². The molecule has 0 fully saturated rings. The minimum Gasteiger partial charge on any atom is -0.399 e. The number of anilines is 3. The van der Waals surface area contributed by atoms with Crippen LogP contribution in [0.3, 0.4) is 0 Å². The number of amides is 1. The molecular weight excluding hydrogens is 300 g/mol. The van der Waals surface area contributed by atoms with E-state index in [1.165, 1.54) is 12.3 Å². The van der Waals surface area contributed by atoms with Crippen molar-refractivity contribution in [3.63, 3.8) is 0 Å². The van der Waals surface area contributed by atoms with Crippen molar-refractivity contribution in [3.05, 3.63) is 84.2 Å². The summed E-state index contributed by atoms with van der Waals surface area (Å²) in [6.07, 6.45) is 1.41. The molecule has 0 aliphatic rings. The molecule has 3 aromatic rings. The zero-order valence-corrected chi connectivity index (χ0v) is 12.8. The van der Waals surface area contributed by atoms with E-state index in [9.17, 15) is 4.79 Å². The Hall–Kier alpha value is -3.65. The number of para-hydroxylation sites is 1. The Morgan fingerprint density at radius 3 is 2.21 bits per heavy atom. The average Bonchev–Trinajstić information content (AvgIpc) is 2.64. The number of nitrogens with two attached hydrogens (primary N) is 1. The molecule has 24 heavy (non-hydrogen) atoms. The van der Waals surface area contributed by atoms with Crippen LogP contribution in [0.25, 0.3) is 0 Å². The van der Waals surface area contributed by atoms with Crippen LogP contribution in [0.1, 0.15) is 16.1 Å². The number of hydrogen-bond donors (Lipinski definition) is 1. The summed E-state index contributed by atoms with van der Waals surface area (Å²) < 4.78 is 0. The van der Waals surface area contributed by atoms with Gasteiger partial charge in [-0.2, -0.15) is 5.26 Å². The van der Waals surface area contributed by atoms with Crippen molar-refractivity contribution in [2.45, 2.75) is 0 Å². The summed E-state index contributed by atoms with van der Waals surface area (Å²) in [5, 5.41) is 8.84. The van der Waals surface area contributed by atoms with E-state index in [2.05, 4.69) is 4.98 Å². The van der Waals surface area contributed by atoms with E-state index in [0.717, 1.165) is 5.69 Å². The highest BCUT2D eigenvalue weighted by molar-refractivity contribution is 6.10. The molecule has 1 amide bonds. The summed E-state index contributed by atoms with van der Waals surface area (Å²) in [4.78, 5) is 18.6. The monoisotopic (exact) mass is 314 g/mol. The van der Waals surface area contributed by atoms with Crippen LogP contribution < -0.4 is 10.6 Å². The predicted octanol–water partition coefficient (Wildman–Crippen LogP) is 3.51. The first-order valence-corrected chi connectivity index (χ1v) is 7.30. The summed E-state index contributed by atoms with van der Waals surface area (Å²) in [6.45, 7) is 0. The van der Waals surface area contributed by atoms with Gasteiger partial charge in [-0.25, -0.2) is 4.98 Å². The van der Waals surface area contributed by atoms with Gasteiger partial charge in [0.25, 0.3) is 5.91 Å². The van der Waals surface area contributed by atoms with E-state index in [1.807, 2.05) is 36.4 Å². The second-order valence-electron chi connectivity index (χ2n) is 5.11. The Balaban J connectivity index is 2.05. The van der Waals surface area contributed by atoms with Crippen molar-refractivity contribution in [2.24, 2.45) is 0 Å². The van der Waals surface area contributed by atoms with Gasteiger partial charge < -0.3 is 5.73 Å². The lowest BCUT2D eigenvalue weighted by Crippen LogP contribution is -2.26. The molecular formula is C19H14N4O. The molecule has 0 aliphatic carbocycles. The number of carbonyl (C=O) groups excluding carboxylic acids is 1. The molecule has 116 valence electrons. The number of carbonyl (C=O) groups is 1. The van der Waals surface area contributed by atoms with E-state index in [1.54, 1.807) is 35.2 Å². The molecule has 0 bridgehead atoms. The maximum absolute atomic E-state index is 13.0. The highest BCUT2D eigenvalue weighted by Crippen LogP contribution is 2.28. The maximum Gasteiger partial charge on any atom is 0.264 e. The Morgan fingerprint density at radius 2 is 1.62 bits per heavy atom. The van der Waals surface area contributed by atoms with Crippen molar-refractivity contribution < 1.29 is 4.79 Å². The summed E-state index contributed by atoms with van der Waals surface area (Å²) in [5.41, 5.74) is 8.46. The Labute approximate surface area is 139 Å². The first kappa shape index (κ1) is 15.3. The molecule has 1 heterocycles. The maximum atomic E-state index is 13.0. The molecule has 5 heteroatoms. The number of rotatable bonds is 3. The van der Waals surface area contributed by atoms with Gasteiger partial charge in [0, 0.05) is 23.3 Å². The van der Waals surface area contributed by atoms with Crippen molar-refractivity contribution in [3.8, 4) is 6.07 Å². The smallest absolute Gasteiger partial charge is 0.264 e. The highest BCUT2D eigenvalue weighted by atomic mass is 16.2. The lowest BCUT2D eigenvalue weighted by molar-refractivity contribution is 0.0999. The molecule has 0 radical (unpaired) electrons. The van der Waals surface area contributed by atoms with Crippen LogP contribution in [0.15, 0.2) is 72.9 Å². The number of pyridine rings is 1. The first-order chi connectivity index (χ1) is 11.7. The fourth-order valence-electron chi connectivity index (χ4n) is 2.30. The van der Waals surface area contributed by atoms with Crippen molar-refractivity contribution in [2.75, 3.05) is 10.6 Å². The van der Waals surface area contributed by atoms with E-state index in [4.69, 9.17) is 11.0 Å². The van der Waals surface area contributed by atoms with Gasteiger partial charge in [0.15, 0.2) is 0 Å². The number of aromatic nitrogens is 1. The molecule has 0 spiro atoms. The van der Waals surface area contributed by atoms with Crippen molar-refractivity contribution in [1.29, 1.82) is 5.26 Å². The SMILES string of the molecule is N#Cc1ccc(C(=O)N(c2ccccc2)c2ccc(N)cc2)cn1. The lowest BCUT2D eigenvalue weighted by atomic mass is 10.1. The fourth-order valence-corrected chi connectivity index (χ4v) is 2.30. The van der Waals surface area contributed by atoms with Gasteiger partial charge in [0.05, 0.1) is 5.56 Å². The second-order valence-corrected chi connectivity index (χ2v) is 5.11. The highest BCUT2D eigenvalue weighted by Gasteiger charge is 2.20. The van der Waals surface area contributed by atoms with Crippen LogP contribution in [0.5, 0.6) is 0 Å². The van der Waals surface area contributed by atoms with Gasteiger partial charge >= 0.3 is 0 Å². The topological polar surface area (TPSA) is 83.0 Å². The zero-order valence-electron chi connectivity index (χ0n) is 12.8. The van der Waals surface area contributed by atoms with Gasteiger partial charge in [0.2, 0.25) is 0 Å². The third-order valence-corrected chi connectivity index (χ3v) is 3.49. The second kappa shape index (κ2) is 6.63. The van der Waals surface area contributed by atoms with Gasteiger partial charge in [-0.1, -0.05) is 18.2 Å². The molecule has 0 aliphatic heterocycles. The van der Waals surface area contributed by atoms with Crippen LogP contribution in [0, 0.1) is 11.3 Å². The molecule has 0 atom stereocenters. The standard InChI is InChI=1S/C19H14N4O/c20-12-16-9-6-14(13-22-16)19(24)23(17-4-2-1-3-5-17)18-10-7-15(21)8-11-18/h1-11,13H,21H2. The molecule has 0 saturated heterocycles. The molecule has 2 aromatic carbocycles. The number of hydrogen-bond acceptors (Lipinski definition) is 4. The van der Waals surface area contributed by atoms with Crippen molar-refractivity contribution >= 4 is 23.0 Å². The normalized spacial score (nSPS) is 9.96. The van der Waals surface area contributed by atoms with Gasteiger partial charge in [0.1, 0.15) is 11.8 Å². The van der Waals surface area contributed by atoms with E-state index in [0.29, 0.717) is 16.9 Å². The van der Waals surface area contributed by atoms with Crippen LogP contribution in [0.2, 0.25) is 0 Å². The third-order valence-electron chi connectivity index (χ3n) is 3.49. The Morgan fingerprint density at radius 1 is 0.958 bits per heavy atom. The molecule has 0 saturated carbocycles. The van der Waals surface area contributed by atoms with Gasteiger partial charge in [-0.15, -0.1) is 0 Å². The summed E-state index contributed by atoms with van der Waals surface area (Å²) >= 11 is 0. The largest absolute Gasteiger partial charge is 0.399 e. The number of nitrogens with zero attached hydrogens (tertiary/aromatic N) is 3. The minimum atomic E-state index is -0.233. The lowest BCUT2D eigenvalue weighted by Gasteiger charge is -2.23.